The molecule has 0 heterocycles. The molecule has 0 spiro atoms. The molecule has 0 bridgehead atoms. The molecule has 0 aliphatic heterocycles. The van der Waals surface area contributed by atoms with Crippen molar-refractivity contribution < 1.29 is 19.4 Å². The summed E-state index contributed by atoms with van der Waals surface area (Å²) in [6, 6.07) is -0.152. The number of amides is 2. The maximum absolute atomic E-state index is 11.5. The maximum atomic E-state index is 11.5. The van der Waals surface area contributed by atoms with Gasteiger partial charge in [-0.25, -0.2) is 4.79 Å². The second-order valence-electron chi connectivity index (χ2n) is 5.26. The zero-order valence-electron chi connectivity index (χ0n) is 13.3. The number of carboxylic acid groups (broad SMARTS) is 1. The molecule has 1 unspecified atom stereocenters. The minimum atomic E-state index is -0.752. The Bertz CT molecular complexity index is 285. The van der Waals surface area contributed by atoms with Gasteiger partial charge in [0.1, 0.15) is 0 Å². The highest BCUT2D eigenvalue weighted by molar-refractivity contribution is 5.73. The molecule has 0 rings (SSSR count). The van der Waals surface area contributed by atoms with Crippen LogP contribution >= 0.6 is 0 Å². The molecule has 0 aromatic rings. The molecule has 2 amide bonds. The van der Waals surface area contributed by atoms with Crippen LogP contribution in [-0.2, 0) is 9.53 Å². The third-order valence-corrected chi connectivity index (χ3v) is 3.36. The molecule has 6 heteroatoms. The van der Waals surface area contributed by atoms with Crippen LogP contribution in [0, 0.1) is 5.92 Å². The molecule has 0 radical (unpaired) electrons. The lowest BCUT2D eigenvalue weighted by Gasteiger charge is -2.15. The van der Waals surface area contributed by atoms with Crippen LogP contribution in [0.1, 0.15) is 51.9 Å². The average Bonchev–Trinajstić information content (AvgIpc) is 2.44. The van der Waals surface area contributed by atoms with E-state index in [-0.39, 0.29) is 12.5 Å². The van der Waals surface area contributed by atoms with Gasteiger partial charge in [0, 0.05) is 33.2 Å². The van der Waals surface area contributed by atoms with Gasteiger partial charge in [-0.1, -0.05) is 19.8 Å². The molecule has 0 aromatic heterocycles. The highest BCUT2D eigenvalue weighted by Crippen LogP contribution is 2.16. The number of carbonyl (C=O) groups excluding carboxylic acids is 1. The van der Waals surface area contributed by atoms with Crippen molar-refractivity contribution in [2.75, 3.05) is 26.8 Å². The van der Waals surface area contributed by atoms with Gasteiger partial charge in [0.15, 0.2) is 0 Å². The first-order valence-electron chi connectivity index (χ1n) is 7.82. The first-order valence-corrected chi connectivity index (χ1v) is 7.82. The predicted molar refractivity (Wildman–Crippen MR) is 82.4 cm³/mol. The van der Waals surface area contributed by atoms with Gasteiger partial charge in [-0.05, 0) is 31.6 Å². The standard InChI is InChI=1S/C15H30N2O4/c1-3-6-13(7-8-14(18)19)9-11-17-15(20)16-10-4-5-12-21-2/h13H,3-12H2,1-2H3,(H,18,19)(H2,16,17,20). The van der Waals surface area contributed by atoms with E-state index in [9.17, 15) is 9.59 Å². The van der Waals surface area contributed by atoms with E-state index in [1.165, 1.54) is 0 Å². The molecule has 0 aromatic carbocycles. The molecule has 21 heavy (non-hydrogen) atoms. The van der Waals surface area contributed by atoms with E-state index in [0.717, 1.165) is 32.1 Å². The third-order valence-electron chi connectivity index (χ3n) is 3.36. The highest BCUT2D eigenvalue weighted by Gasteiger charge is 2.10. The molecule has 0 aliphatic carbocycles. The van der Waals surface area contributed by atoms with Crippen LogP contribution in [-0.4, -0.2) is 43.9 Å². The van der Waals surface area contributed by atoms with Crippen molar-refractivity contribution in [3.63, 3.8) is 0 Å². The van der Waals surface area contributed by atoms with Crippen molar-refractivity contribution in [1.29, 1.82) is 0 Å². The molecule has 1 atom stereocenters. The summed E-state index contributed by atoms with van der Waals surface area (Å²) >= 11 is 0. The molecule has 0 fully saturated rings. The van der Waals surface area contributed by atoms with Crippen LogP contribution in [0.2, 0.25) is 0 Å². The molecule has 0 aliphatic rings. The lowest BCUT2D eigenvalue weighted by molar-refractivity contribution is -0.137. The quantitative estimate of drug-likeness (QED) is 0.456. The number of unbranched alkanes of at least 4 members (excludes halogenated alkanes) is 1. The van der Waals surface area contributed by atoms with Gasteiger partial charge in [-0.2, -0.15) is 0 Å². The fourth-order valence-corrected chi connectivity index (χ4v) is 2.19. The summed E-state index contributed by atoms with van der Waals surface area (Å²) in [5.74, 6) is -0.383. The van der Waals surface area contributed by atoms with Gasteiger partial charge in [0.25, 0.3) is 0 Å². The van der Waals surface area contributed by atoms with Crippen LogP contribution < -0.4 is 10.6 Å². The molecule has 6 nitrogen and oxygen atoms in total. The monoisotopic (exact) mass is 302 g/mol. The molecule has 0 saturated heterocycles. The number of nitrogens with one attached hydrogen (secondary N) is 2. The topological polar surface area (TPSA) is 87.7 Å². The van der Waals surface area contributed by atoms with Crippen molar-refractivity contribution in [3.8, 4) is 0 Å². The first kappa shape index (κ1) is 19.7. The van der Waals surface area contributed by atoms with Gasteiger partial charge >= 0.3 is 12.0 Å². The Kier molecular flexibility index (Phi) is 12.8. The summed E-state index contributed by atoms with van der Waals surface area (Å²) in [6.45, 7) is 4.04. The molecular formula is C15H30N2O4. The van der Waals surface area contributed by atoms with E-state index in [4.69, 9.17) is 9.84 Å². The number of hydrogen-bond donors (Lipinski definition) is 3. The summed E-state index contributed by atoms with van der Waals surface area (Å²) in [5.41, 5.74) is 0. The normalized spacial score (nSPS) is 11.9. The van der Waals surface area contributed by atoms with Crippen LogP contribution in [0.5, 0.6) is 0 Å². The van der Waals surface area contributed by atoms with Crippen LogP contribution in [0.3, 0.4) is 0 Å². The average molecular weight is 302 g/mol. The fraction of sp³-hybridized carbons (Fsp3) is 0.867. The van der Waals surface area contributed by atoms with Crippen molar-refractivity contribution in [2.24, 2.45) is 5.92 Å². The number of methoxy groups -OCH3 is 1. The van der Waals surface area contributed by atoms with Crippen LogP contribution in [0.25, 0.3) is 0 Å². The fourth-order valence-electron chi connectivity index (χ4n) is 2.19. The number of urea groups is 1. The number of carbonyl (C=O) groups is 2. The van der Waals surface area contributed by atoms with E-state index in [1.807, 2.05) is 0 Å². The Hall–Kier alpha value is -1.30. The molecule has 124 valence electrons. The largest absolute Gasteiger partial charge is 0.481 e. The van der Waals surface area contributed by atoms with Gasteiger partial charge < -0.3 is 20.5 Å². The number of ether oxygens (including phenoxy) is 1. The zero-order chi connectivity index (χ0) is 15.9. The Morgan fingerprint density at radius 1 is 1.10 bits per heavy atom. The minimum absolute atomic E-state index is 0.152. The van der Waals surface area contributed by atoms with E-state index in [2.05, 4.69) is 17.6 Å². The summed E-state index contributed by atoms with van der Waals surface area (Å²) in [6.07, 6.45) is 5.60. The van der Waals surface area contributed by atoms with E-state index in [1.54, 1.807) is 7.11 Å². The minimum Gasteiger partial charge on any atom is -0.481 e. The molecule has 0 saturated carbocycles. The predicted octanol–water partition coefficient (Wildman–Crippen LogP) is 2.38. The second-order valence-corrected chi connectivity index (χ2v) is 5.26. The van der Waals surface area contributed by atoms with Crippen LogP contribution in [0.4, 0.5) is 4.79 Å². The van der Waals surface area contributed by atoms with Crippen molar-refractivity contribution in [1.82, 2.24) is 10.6 Å². The second kappa shape index (κ2) is 13.7. The molecular weight excluding hydrogens is 272 g/mol. The van der Waals surface area contributed by atoms with Crippen molar-refractivity contribution in [2.45, 2.75) is 51.9 Å². The van der Waals surface area contributed by atoms with Gasteiger partial charge in [-0.3, -0.25) is 4.79 Å². The summed E-state index contributed by atoms with van der Waals surface area (Å²) < 4.78 is 4.93. The third kappa shape index (κ3) is 13.4. The van der Waals surface area contributed by atoms with E-state index in [0.29, 0.717) is 32.0 Å². The Labute approximate surface area is 127 Å². The highest BCUT2D eigenvalue weighted by atomic mass is 16.5. The molecule has 3 N–H and O–H groups in total. The SMILES string of the molecule is CCCC(CCNC(=O)NCCCCOC)CCC(=O)O. The van der Waals surface area contributed by atoms with Crippen LogP contribution in [0.15, 0.2) is 0 Å². The maximum Gasteiger partial charge on any atom is 0.314 e. The summed E-state index contributed by atoms with van der Waals surface area (Å²) in [7, 11) is 1.66. The first-order chi connectivity index (χ1) is 10.1. The van der Waals surface area contributed by atoms with Gasteiger partial charge in [0.2, 0.25) is 0 Å². The Morgan fingerprint density at radius 3 is 2.43 bits per heavy atom. The van der Waals surface area contributed by atoms with Gasteiger partial charge in [0.05, 0.1) is 0 Å². The van der Waals surface area contributed by atoms with Crippen molar-refractivity contribution in [3.05, 3.63) is 0 Å². The van der Waals surface area contributed by atoms with Crippen molar-refractivity contribution >= 4 is 12.0 Å². The Morgan fingerprint density at radius 2 is 1.81 bits per heavy atom. The van der Waals surface area contributed by atoms with E-state index < -0.39 is 5.97 Å². The van der Waals surface area contributed by atoms with Gasteiger partial charge in [-0.15, -0.1) is 0 Å². The zero-order valence-corrected chi connectivity index (χ0v) is 13.3. The smallest absolute Gasteiger partial charge is 0.314 e. The summed E-state index contributed by atoms with van der Waals surface area (Å²) in [5, 5.41) is 14.3. The number of rotatable bonds is 13. The lowest BCUT2D eigenvalue weighted by Crippen LogP contribution is -2.37. The summed E-state index contributed by atoms with van der Waals surface area (Å²) in [4.78, 5) is 22.1. The number of carboxylic acids is 1. The number of aliphatic carboxylic acids is 1. The number of hydrogen-bond acceptors (Lipinski definition) is 3. The van der Waals surface area contributed by atoms with E-state index >= 15 is 0 Å². The Balaban J connectivity index is 3.66. The lowest BCUT2D eigenvalue weighted by atomic mass is 9.94.